The van der Waals surface area contributed by atoms with Gasteiger partial charge >= 0.3 is 0 Å². The molecule has 1 unspecified atom stereocenters. The maximum atomic E-state index is 2.33. The van der Waals surface area contributed by atoms with Crippen molar-refractivity contribution in [1.82, 2.24) is 0 Å². The molecule has 2 rings (SSSR count). The van der Waals surface area contributed by atoms with Crippen molar-refractivity contribution in [3.63, 3.8) is 0 Å². The van der Waals surface area contributed by atoms with Crippen LogP contribution in [-0.4, -0.2) is 5.75 Å². The van der Waals surface area contributed by atoms with Crippen LogP contribution in [0.1, 0.15) is 29.5 Å². The molecule has 0 N–H and O–H groups in total. The van der Waals surface area contributed by atoms with Gasteiger partial charge in [-0.2, -0.15) is 11.8 Å². The monoisotopic (exact) mass is 178 g/mol. The van der Waals surface area contributed by atoms with Crippen LogP contribution in [0.25, 0.3) is 0 Å². The number of hydrogen-bond donors (Lipinski definition) is 0. The molecule has 0 saturated heterocycles. The highest BCUT2D eigenvalue weighted by molar-refractivity contribution is 7.98. The van der Waals surface area contributed by atoms with Crippen LogP contribution >= 0.6 is 11.8 Å². The average molecular weight is 178 g/mol. The lowest BCUT2D eigenvalue weighted by Crippen LogP contribution is -2.07. The van der Waals surface area contributed by atoms with Gasteiger partial charge in [0.05, 0.1) is 0 Å². The third-order valence-corrected chi connectivity index (χ3v) is 3.71. The van der Waals surface area contributed by atoms with Crippen molar-refractivity contribution in [3.05, 3.63) is 34.9 Å². The Bertz CT molecular complexity index is 291. The van der Waals surface area contributed by atoms with Crippen LogP contribution in [0.2, 0.25) is 0 Å². The molecule has 0 nitrogen and oxygen atoms in total. The van der Waals surface area contributed by atoms with E-state index >= 15 is 0 Å². The van der Waals surface area contributed by atoms with E-state index in [1.807, 2.05) is 0 Å². The molecule has 1 heterocycles. The number of thioether (sulfide) groups is 1. The van der Waals surface area contributed by atoms with Gasteiger partial charge in [0.15, 0.2) is 0 Å². The van der Waals surface area contributed by atoms with Crippen molar-refractivity contribution in [2.75, 3.05) is 5.75 Å². The van der Waals surface area contributed by atoms with Gasteiger partial charge in [-0.25, -0.2) is 0 Å². The Morgan fingerprint density at radius 3 is 3.08 bits per heavy atom. The van der Waals surface area contributed by atoms with Gasteiger partial charge in [0.25, 0.3) is 0 Å². The Labute approximate surface area is 78.4 Å². The molecule has 64 valence electrons. The fourth-order valence-corrected chi connectivity index (χ4v) is 2.90. The summed E-state index contributed by atoms with van der Waals surface area (Å²) in [6.07, 6.45) is 0. The summed E-state index contributed by atoms with van der Waals surface area (Å²) in [5.74, 6) is 3.25. The first kappa shape index (κ1) is 8.18. The average Bonchev–Trinajstić information content (AvgIpc) is 2.04. The smallest absolute Gasteiger partial charge is 0.0187 e. The second kappa shape index (κ2) is 3.14. The van der Waals surface area contributed by atoms with Gasteiger partial charge < -0.3 is 0 Å². The molecule has 1 aliphatic heterocycles. The van der Waals surface area contributed by atoms with Gasteiger partial charge in [0.1, 0.15) is 0 Å². The van der Waals surface area contributed by atoms with Crippen molar-refractivity contribution in [1.29, 1.82) is 0 Å². The first-order valence-electron chi connectivity index (χ1n) is 4.44. The molecule has 1 aromatic carbocycles. The Kier molecular flexibility index (Phi) is 2.14. The zero-order valence-corrected chi connectivity index (χ0v) is 8.45. The molecule has 0 radical (unpaired) electrons. The third-order valence-electron chi connectivity index (χ3n) is 2.45. The number of rotatable bonds is 0. The van der Waals surface area contributed by atoms with Crippen molar-refractivity contribution >= 4 is 11.8 Å². The quantitative estimate of drug-likeness (QED) is 0.587. The van der Waals surface area contributed by atoms with E-state index in [0.717, 1.165) is 5.92 Å². The summed E-state index contributed by atoms with van der Waals surface area (Å²) in [6.45, 7) is 4.49. The minimum atomic E-state index is 0.749. The highest BCUT2D eigenvalue weighted by atomic mass is 32.2. The first-order valence-corrected chi connectivity index (χ1v) is 5.60. The molecule has 0 spiro atoms. The standard InChI is InChI=1S/C11H14S/c1-8-3-4-11-9(2)6-12-7-10(11)5-8/h3-5,9H,6-7H2,1-2H3. The fraction of sp³-hybridized carbons (Fsp3) is 0.455. The van der Waals surface area contributed by atoms with E-state index < -0.39 is 0 Å². The van der Waals surface area contributed by atoms with E-state index in [9.17, 15) is 0 Å². The summed E-state index contributed by atoms with van der Waals surface area (Å²) in [5.41, 5.74) is 4.52. The number of hydrogen-bond acceptors (Lipinski definition) is 1. The SMILES string of the molecule is Cc1ccc2c(c1)CSCC2C. The number of benzene rings is 1. The molecular formula is C11H14S. The van der Waals surface area contributed by atoms with Crippen LogP contribution in [0.15, 0.2) is 18.2 Å². The van der Waals surface area contributed by atoms with Crippen LogP contribution in [0.5, 0.6) is 0 Å². The summed E-state index contributed by atoms with van der Waals surface area (Å²) in [5, 5.41) is 0. The van der Waals surface area contributed by atoms with Crippen molar-refractivity contribution in [3.8, 4) is 0 Å². The summed E-state index contributed by atoms with van der Waals surface area (Å²) in [6, 6.07) is 6.86. The first-order chi connectivity index (χ1) is 5.77. The van der Waals surface area contributed by atoms with Crippen molar-refractivity contribution < 1.29 is 0 Å². The summed E-state index contributed by atoms with van der Waals surface area (Å²) in [4.78, 5) is 0. The van der Waals surface area contributed by atoms with Gasteiger partial charge in [-0.15, -0.1) is 0 Å². The topological polar surface area (TPSA) is 0 Å². The van der Waals surface area contributed by atoms with Gasteiger partial charge in [0, 0.05) is 11.5 Å². The highest BCUT2D eigenvalue weighted by Crippen LogP contribution is 2.32. The molecular weight excluding hydrogens is 164 g/mol. The van der Waals surface area contributed by atoms with Gasteiger partial charge in [0.2, 0.25) is 0 Å². The molecule has 0 aliphatic carbocycles. The second-order valence-corrected chi connectivity index (χ2v) is 4.65. The highest BCUT2D eigenvalue weighted by Gasteiger charge is 2.15. The van der Waals surface area contributed by atoms with Crippen LogP contribution in [0, 0.1) is 6.92 Å². The maximum absolute atomic E-state index is 2.33. The molecule has 1 atom stereocenters. The summed E-state index contributed by atoms with van der Waals surface area (Å²) in [7, 11) is 0. The molecule has 12 heavy (non-hydrogen) atoms. The fourth-order valence-electron chi connectivity index (χ4n) is 1.78. The van der Waals surface area contributed by atoms with Gasteiger partial charge in [-0.3, -0.25) is 0 Å². The predicted octanol–water partition coefficient (Wildman–Crippen LogP) is 3.35. The second-order valence-electron chi connectivity index (χ2n) is 3.62. The molecule has 0 saturated carbocycles. The minimum absolute atomic E-state index is 0.749. The lowest BCUT2D eigenvalue weighted by Gasteiger charge is -2.22. The maximum Gasteiger partial charge on any atom is 0.0187 e. The number of fused-ring (bicyclic) bond motifs is 1. The third kappa shape index (κ3) is 1.38. The molecule has 0 aromatic heterocycles. The van der Waals surface area contributed by atoms with E-state index in [0.29, 0.717) is 0 Å². The van der Waals surface area contributed by atoms with E-state index in [2.05, 4.69) is 43.8 Å². The predicted molar refractivity (Wildman–Crippen MR) is 55.8 cm³/mol. The molecule has 0 amide bonds. The summed E-state index contributed by atoms with van der Waals surface area (Å²) < 4.78 is 0. The molecule has 0 bridgehead atoms. The van der Waals surface area contributed by atoms with Crippen molar-refractivity contribution in [2.24, 2.45) is 0 Å². The largest absolute Gasteiger partial charge is 0.157 e. The number of aryl methyl sites for hydroxylation is 1. The van der Waals surface area contributed by atoms with Crippen LogP contribution in [0.3, 0.4) is 0 Å². The Morgan fingerprint density at radius 1 is 1.42 bits per heavy atom. The van der Waals surface area contributed by atoms with Gasteiger partial charge in [-0.1, -0.05) is 30.7 Å². The zero-order chi connectivity index (χ0) is 8.55. The zero-order valence-electron chi connectivity index (χ0n) is 7.63. The van der Waals surface area contributed by atoms with E-state index in [4.69, 9.17) is 0 Å². The van der Waals surface area contributed by atoms with E-state index in [1.165, 1.54) is 17.1 Å². The van der Waals surface area contributed by atoms with Crippen LogP contribution < -0.4 is 0 Å². The Hall–Kier alpha value is -0.430. The Morgan fingerprint density at radius 2 is 2.25 bits per heavy atom. The molecule has 1 heteroatoms. The normalized spacial score (nSPS) is 22.0. The van der Waals surface area contributed by atoms with Crippen LogP contribution in [0.4, 0.5) is 0 Å². The van der Waals surface area contributed by atoms with Crippen molar-refractivity contribution in [2.45, 2.75) is 25.5 Å². The molecule has 0 fully saturated rings. The minimum Gasteiger partial charge on any atom is -0.157 e. The molecule has 1 aliphatic rings. The lowest BCUT2D eigenvalue weighted by molar-refractivity contribution is 0.853. The summed E-state index contributed by atoms with van der Waals surface area (Å²) >= 11 is 2.05. The van der Waals surface area contributed by atoms with Crippen LogP contribution in [-0.2, 0) is 5.75 Å². The molecule has 1 aromatic rings. The Balaban J connectivity index is 2.46. The van der Waals surface area contributed by atoms with E-state index in [1.54, 1.807) is 11.1 Å². The van der Waals surface area contributed by atoms with E-state index in [-0.39, 0.29) is 0 Å². The van der Waals surface area contributed by atoms with Gasteiger partial charge in [-0.05, 0) is 24.0 Å². The lowest BCUT2D eigenvalue weighted by atomic mass is 9.96.